The molecule has 0 radical (unpaired) electrons. The van der Waals surface area contributed by atoms with E-state index in [0.29, 0.717) is 17.8 Å². The van der Waals surface area contributed by atoms with Crippen molar-refractivity contribution in [1.29, 1.82) is 0 Å². The van der Waals surface area contributed by atoms with Crippen molar-refractivity contribution in [1.82, 2.24) is 20.5 Å². The van der Waals surface area contributed by atoms with Gasteiger partial charge < -0.3 is 5.32 Å². The van der Waals surface area contributed by atoms with Crippen LogP contribution in [0, 0.1) is 17.6 Å². The van der Waals surface area contributed by atoms with Crippen LogP contribution in [0.15, 0.2) is 23.0 Å². The van der Waals surface area contributed by atoms with Gasteiger partial charge in [0.25, 0.3) is 0 Å². The van der Waals surface area contributed by atoms with E-state index in [1.54, 1.807) is 0 Å². The van der Waals surface area contributed by atoms with Crippen LogP contribution in [-0.2, 0) is 11.3 Å². The molecule has 21 heavy (non-hydrogen) atoms. The number of aromatic amines is 2. The van der Waals surface area contributed by atoms with Gasteiger partial charge in [0, 0.05) is 5.92 Å². The fourth-order valence-corrected chi connectivity index (χ4v) is 2.29. The summed E-state index contributed by atoms with van der Waals surface area (Å²) in [4.78, 5) is 25.2. The summed E-state index contributed by atoms with van der Waals surface area (Å²) in [6.07, 6.45) is 0.591. The maximum absolute atomic E-state index is 13.1. The highest BCUT2D eigenvalue weighted by Gasteiger charge is 2.44. The molecular formula is C13H12F2N4O2. The molecule has 2 aromatic rings. The average Bonchev–Trinajstić information content (AvgIpc) is 3.15. The molecule has 0 saturated heterocycles. The average molecular weight is 294 g/mol. The van der Waals surface area contributed by atoms with Crippen LogP contribution >= 0.6 is 0 Å². The Labute approximate surface area is 117 Å². The molecule has 0 unspecified atom stereocenters. The lowest BCUT2D eigenvalue weighted by Crippen LogP contribution is -2.25. The first-order chi connectivity index (χ1) is 10.0. The van der Waals surface area contributed by atoms with Crippen LogP contribution in [0.4, 0.5) is 8.78 Å². The van der Waals surface area contributed by atoms with Crippen LogP contribution in [-0.4, -0.2) is 21.1 Å². The Morgan fingerprint density at radius 3 is 2.86 bits per heavy atom. The zero-order chi connectivity index (χ0) is 15.0. The Kier molecular flexibility index (Phi) is 3.28. The summed E-state index contributed by atoms with van der Waals surface area (Å²) in [6.45, 7) is 0.110. The van der Waals surface area contributed by atoms with Crippen molar-refractivity contribution in [2.75, 3.05) is 0 Å². The zero-order valence-corrected chi connectivity index (χ0v) is 10.8. The second-order valence-electron chi connectivity index (χ2n) is 4.96. The van der Waals surface area contributed by atoms with Gasteiger partial charge in [-0.2, -0.15) is 5.10 Å². The molecule has 3 N–H and O–H groups in total. The summed E-state index contributed by atoms with van der Waals surface area (Å²) < 4.78 is 26.0. The third kappa shape index (κ3) is 2.83. The van der Waals surface area contributed by atoms with Gasteiger partial charge in [-0.25, -0.2) is 18.7 Å². The number of halogens is 2. The van der Waals surface area contributed by atoms with Gasteiger partial charge in [-0.15, -0.1) is 0 Å². The minimum Gasteiger partial charge on any atom is -0.349 e. The molecule has 1 aliphatic carbocycles. The molecule has 6 nitrogen and oxygen atoms in total. The first kappa shape index (κ1) is 13.5. The van der Waals surface area contributed by atoms with Gasteiger partial charge in [-0.3, -0.25) is 9.78 Å². The van der Waals surface area contributed by atoms with Crippen molar-refractivity contribution >= 4 is 5.91 Å². The van der Waals surface area contributed by atoms with Crippen LogP contribution in [0.1, 0.15) is 23.7 Å². The van der Waals surface area contributed by atoms with Crippen molar-refractivity contribution in [3.05, 3.63) is 51.7 Å². The fraction of sp³-hybridized carbons (Fsp3) is 0.308. The molecule has 0 spiro atoms. The largest absolute Gasteiger partial charge is 0.349 e. The van der Waals surface area contributed by atoms with E-state index in [1.165, 1.54) is 6.07 Å². The maximum Gasteiger partial charge on any atom is 0.340 e. The molecule has 1 heterocycles. The highest BCUT2D eigenvalue weighted by atomic mass is 19.2. The predicted molar refractivity (Wildman–Crippen MR) is 68.3 cm³/mol. The molecule has 110 valence electrons. The molecule has 1 aliphatic rings. The zero-order valence-electron chi connectivity index (χ0n) is 10.8. The number of amides is 1. The van der Waals surface area contributed by atoms with Crippen LogP contribution in [0.25, 0.3) is 0 Å². The Bertz CT molecular complexity index is 740. The van der Waals surface area contributed by atoms with Crippen molar-refractivity contribution < 1.29 is 13.6 Å². The molecule has 0 aliphatic heterocycles. The monoisotopic (exact) mass is 294 g/mol. The molecule has 0 bridgehead atoms. The molecule has 1 amide bonds. The highest BCUT2D eigenvalue weighted by molar-refractivity contribution is 5.82. The van der Waals surface area contributed by atoms with E-state index in [9.17, 15) is 18.4 Å². The van der Waals surface area contributed by atoms with Crippen molar-refractivity contribution in [2.24, 2.45) is 5.92 Å². The van der Waals surface area contributed by atoms with Crippen LogP contribution in [0.5, 0.6) is 0 Å². The molecule has 8 heteroatoms. The smallest absolute Gasteiger partial charge is 0.340 e. The van der Waals surface area contributed by atoms with Crippen molar-refractivity contribution in [3.8, 4) is 0 Å². The molecule has 1 fully saturated rings. The van der Waals surface area contributed by atoms with Crippen molar-refractivity contribution in [2.45, 2.75) is 18.9 Å². The summed E-state index contributed by atoms with van der Waals surface area (Å²) in [5.74, 6) is -2.04. The number of hydrogen-bond donors (Lipinski definition) is 3. The Morgan fingerprint density at radius 1 is 1.38 bits per heavy atom. The van der Waals surface area contributed by atoms with Crippen LogP contribution in [0.2, 0.25) is 0 Å². The molecule has 2 atom stereocenters. The van der Waals surface area contributed by atoms with Crippen molar-refractivity contribution in [3.63, 3.8) is 0 Å². The quantitative estimate of drug-likeness (QED) is 0.779. The minimum atomic E-state index is -0.910. The second-order valence-corrected chi connectivity index (χ2v) is 4.96. The summed E-state index contributed by atoms with van der Waals surface area (Å²) in [5, 5.41) is 8.50. The number of benzene rings is 1. The lowest BCUT2D eigenvalue weighted by atomic mass is 10.1. The molecular weight excluding hydrogens is 282 g/mol. The summed E-state index contributed by atoms with van der Waals surface area (Å²) >= 11 is 0. The summed E-state index contributed by atoms with van der Waals surface area (Å²) in [5.41, 5.74) is 0.174. The topological polar surface area (TPSA) is 90.6 Å². The van der Waals surface area contributed by atoms with E-state index in [-0.39, 0.29) is 24.3 Å². The number of H-pyrrole nitrogens is 2. The fourth-order valence-electron chi connectivity index (χ4n) is 2.29. The van der Waals surface area contributed by atoms with Gasteiger partial charge in [-0.1, -0.05) is 6.07 Å². The number of carbonyl (C=O) groups is 1. The number of rotatable bonds is 4. The SMILES string of the molecule is O=C(NCc1n[nH]c(=O)[nH]1)[C@@H]1C[C@H]1c1ccc(F)c(F)c1. The van der Waals surface area contributed by atoms with Crippen LogP contribution in [0.3, 0.4) is 0 Å². The van der Waals surface area contributed by atoms with Gasteiger partial charge >= 0.3 is 5.69 Å². The lowest BCUT2D eigenvalue weighted by Gasteiger charge is -2.03. The molecule has 1 aromatic heterocycles. The van der Waals surface area contributed by atoms with Gasteiger partial charge in [0.2, 0.25) is 5.91 Å². The number of hydrogen-bond acceptors (Lipinski definition) is 3. The predicted octanol–water partition coefficient (Wildman–Crippen LogP) is 0.796. The number of nitrogens with one attached hydrogen (secondary N) is 3. The second kappa shape index (κ2) is 5.12. The van der Waals surface area contributed by atoms with Gasteiger partial charge in [0.15, 0.2) is 11.6 Å². The lowest BCUT2D eigenvalue weighted by molar-refractivity contribution is -0.122. The molecule has 1 aromatic carbocycles. The number of carbonyl (C=O) groups excluding carboxylic acids is 1. The van der Waals surface area contributed by atoms with Gasteiger partial charge in [0.05, 0.1) is 6.54 Å². The standard InChI is InChI=1S/C13H12F2N4O2/c14-9-2-1-6(3-10(9)15)7-4-8(7)12(20)16-5-11-17-13(21)19-18-11/h1-3,7-8H,4-5H2,(H,16,20)(H2,17,18,19,21)/t7-,8+/m0/s1. The normalized spacial score (nSPS) is 20.3. The van der Waals surface area contributed by atoms with Crippen LogP contribution < -0.4 is 11.0 Å². The Balaban J connectivity index is 1.58. The summed E-state index contributed by atoms with van der Waals surface area (Å²) in [7, 11) is 0. The third-order valence-corrected chi connectivity index (χ3v) is 3.48. The first-order valence-corrected chi connectivity index (χ1v) is 6.41. The first-order valence-electron chi connectivity index (χ1n) is 6.41. The van der Waals surface area contributed by atoms with E-state index in [1.807, 2.05) is 0 Å². The molecule has 3 rings (SSSR count). The number of nitrogens with zero attached hydrogens (tertiary/aromatic N) is 1. The minimum absolute atomic E-state index is 0.0988. The van der Waals surface area contributed by atoms with E-state index in [2.05, 4.69) is 20.5 Å². The third-order valence-electron chi connectivity index (χ3n) is 3.48. The number of aromatic nitrogens is 3. The van der Waals surface area contributed by atoms with Gasteiger partial charge in [0.1, 0.15) is 5.82 Å². The molecule has 1 saturated carbocycles. The van der Waals surface area contributed by atoms with E-state index >= 15 is 0 Å². The van der Waals surface area contributed by atoms with E-state index in [0.717, 1.165) is 12.1 Å². The van der Waals surface area contributed by atoms with E-state index in [4.69, 9.17) is 0 Å². The Hall–Kier alpha value is -2.51. The highest BCUT2D eigenvalue weighted by Crippen LogP contribution is 2.47. The maximum atomic E-state index is 13.1. The van der Waals surface area contributed by atoms with E-state index < -0.39 is 17.3 Å². The van der Waals surface area contributed by atoms with Gasteiger partial charge in [-0.05, 0) is 30.0 Å². The Morgan fingerprint density at radius 2 is 2.19 bits per heavy atom. The summed E-state index contributed by atoms with van der Waals surface area (Å²) in [6, 6.07) is 3.67.